The number of Topliss-reactive ketones (excluding diaryl/α,β-unsaturated/α-hetero) is 1. The predicted octanol–water partition coefficient (Wildman–Crippen LogP) is 0.520. The van der Waals surface area contributed by atoms with Crippen molar-refractivity contribution in [1.29, 1.82) is 0 Å². The van der Waals surface area contributed by atoms with E-state index in [0.29, 0.717) is 13.0 Å². The summed E-state index contributed by atoms with van der Waals surface area (Å²) in [5.41, 5.74) is 0. The summed E-state index contributed by atoms with van der Waals surface area (Å²) in [6.07, 6.45) is 2.62. The number of carbonyl (C=O) groups excluding carboxylic acids is 2. The summed E-state index contributed by atoms with van der Waals surface area (Å²) in [6.45, 7) is 4.89. The van der Waals surface area contributed by atoms with Crippen molar-refractivity contribution in [2.45, 2.75) is 26.2 Å². The number of hydrogen-bond acceptors (Lipinski definition) is 3. The Labute approximate surface area is 91.2 Å². The normalized spacial score (nSPS) is 18.3. The van der Waals surface area contributed by atoms with Gasteiger partial charge >= 0.3 is 0 Å². The molecule has 0 aliphatic carbocycles. The standard InChI is InChI=1S/C11H20N2O2/c1-10(14)5-3-4-6-13-8-7-12(2)11(15)9-13/h3-9H2,1-2H3. The molecule has 0 saturated carbocycles. The molecule has 0 bridgehead atoms. The molecule has 0 aromatic heterocycles. The Morgan fingerprint density at radius 2 is 2.07 bits per heavy atom. The number of carbonyl (C=O) groups is 2. The number of ketones is 1. The second-order valence-corrected chi connectivity index (χ2v) is 4.25. The third-order valence-electron chi connectivity index (χ3n) is 2.79. The molecule has 1 fully saturated rings. The molecule has 0 N–H and O–H groups in total. The van der Waals surface area contributed by atoms with E-state index in [4.69, 9.17) is 0 Å². The van der Waals surface area contributed by atoms with Gasteiger partial charge in [-0.2, -0.15) is 0 Å². The van der Waals surface area contributed by atoms with Crippen LogP contribution in [0.15, 0.2) is 0 Å². The maximum absolute atomic E-state index is 11.4. The summed E-state index contributed by atoms with van der Waals surface area (Å²) < 4.78 is 0. The number of hydrogen-bond donors (Lipinski definition) is 0. The zero-order valence-corrected chi connectivity index (χ0v) is 9.66. The lowest BCUT2D eigenvalue weighted by atomic mass is 10.2. The van der Waals surface area contributed by atoms with Crippen molar-refractivity contribution in [3.8, 4) is 0 Å². The largest absolute Gasteiger partial charge is 0.343 e. The highest BCUT2D eigenvalue weighted by Crippen LogP contribution is 2.04. The van der Waals surface area contributed by atoms with Gasteiger partial charge < -0.3 is 9.69 Å². The van der Waals surface area contributed by atoms with Gasteiger partial charge in [0.1, 0.15) is 5.78 Å². The van der Waals surface area contributed by atoms with Crippen molar-refractivity contribution in [3.63, 3.8) is 0 Å². The summed E-state index contributed by atoms with van der Waals surface area (Å²) >= 11 is 0. The van der Waals surface area contributed by atoms with Crippen molar-refractivity contribution in [2.24, 2.45) is 0 Å². The first-order valence-electron chi connectivity index (χ1n) is 5.55. The Morgan fingerprint density at radius 1 is 1.33 bits per heavy atom. The minimum atomic E-state index is 0.202. The van der Waals surface area contributed by atoms with Gasteiger partial charge in [-0.25, -0.2) is 0 Å². The first-order chi connectivity index (χ1) is 7.09. The van der Waals surface area contributed by atoms with E-state index in [-0.39, 0.29) is 11.7 Å². The monoisotopic (exact) mass is 212 g/mol. The lowest BCUT2D eigenvalue weighted by molar-refractivity contribution is -0.134. The number of amides is 1. The fraction of sp³-hybridized carbons (Fsp3) is 0.818. The Kier molecular flexibility index (Phi) is 4.75. The molecule has 0 aromatic rings. The molecule has 4 heteroatoms. The maximum atomic E-state index is 11.4. The van der Waals surface area contributed by atoms with Crippen LogP contribution in [0.4, 0.5) is 0 Å². The maximum Gasteiger partial charge on any atom is 0.236 e. The zero-order valence-electron chi connectivity index (χ0n) is 9.66. The number of unbranched alkanes of at least 4 members (excludes halogenated alkanes) is 1. The van der Waals surface area contributed by atoms with Crippen molar-refractivity contribution in [2.75, 3.05) is 33.2 Å². The quantitative estimate of drug-likeness (QED) is 0.624. The van der Waals surface area contributed by atoms with E-state index in [9.17, 15) is 9.59 Å². The molecule has 1 saturated heterocycles. The second kappa shape index (κ2) is 5.85. The molecular weight excluding hydrogens is 192 g/mol. The van der Waals surface area contributed by atoms with Crippen LogP contribution in [0.3, 0.4) is 0 Å². The summed E-state index contributed by atoms with van der Waals surface area (Å²) in [5, 5.41) is 0. The average molecular weight is 212 g/mol. The van der Waals surface area contributed by atoms with E-state index in [1.54, 1.807) is 11.8 Å². The van der Waals surface area contributed by atoms with Gasteiger partial charge in [0.2, 0.25) is 5.91 Å². The number of likely N-dealkylation sites (N-methyl/N-ethyl adjacent to an activating group) is 1. The summed E-state index contributed by atoms with van der Waals surface area (Å²) in [5.74, 6) is 0.456. The first kappa shape index (κ1) is 12.2. The van der Waals surface area contributed by atoms with Crippen molar-refractivity contribution >= 4 is 11.7 Å². The van der Waals surface area contributed by atoms with E-state index in [1.165, 1.54) is 0 Å². The lowest BCUT2D eigenvalue weighted by Crippen LogP contribution is -2.48. The SMILES string of the molecule is CC(=O)CCCCN1CCN(C)C(=O)C1. The van der Waals surface area contributed by atoms with E-state index in [1.807, 2.05) is 7.05 Å². The Bertz CT molecular complexity index is 241. The van der Waals surface area contributed by atoms with Crippen molar-refractivity contribution in [1.82, 2.24) is 9.80 Å². The van der Waals surface area contributed by atoms with Crippen LogP contribution >= 0.6 is 0 Å². The molecule has 1 rings (SSSR count). The lowest BCUT2D eigenvalue weighted by Gasteiger charge is -2.31. The summed E-state index contributed by atoms with van der Waals surface area (Å²) in [7, 11) is 1.84. The Hall–Kier alpha value is -0.900. The van der Waals surface area contributed by atoms with Gasteiger partial charge in [-0.05, 0) is 26.3 Å². The molecule has 0 spiro atoms. The van der Waals surface area contributed by atoms with Gasteiger partial charge in [0.05, 0.1) is 6.54 Å². The van der Waals surface area contributed by atoms with Gasteiger partial charge in [-0.3, -0.25) is 9.69 Å². The van der Waals surface area contributed by atoms with E-state index >= 15 is 0 Å². The molecule has 15 heavy (non-hydrogen) atoms. The Balaban J connectivity index is 2.12. The van der Waals surface area contributed by atoms with Gasteiger partial charge in [0, 0.05) is 26.6 Å². The predicted molar refractivity (Wildman–Crippen MR) is 58.6 cm³/mol. The van der Waals surface area contributed by atoms with Crippen LogP contribution in [-0.4, -0.2) is 54.7 Å². The summed E-state index contributed by atoms with van der Waals surface area (Å²) in [6, 6.07) is 0. The molecule has 1 heterocycles. The van der Waals surface area contributed by atoms with Crippen LogP contribution in [0.1, 0.15) is 26.2 Å². The van der Waals surface area contributed by atoms with Crippen LogP contribution in [-0.2, 0) is 9.59 Å². The molecule has 4 nitrogen and oxygen atoms in total. The first-order valence-corrected chi connectivity index (χ1v) is 5.55. The summed E-state index contributed by atoms with van der Waals surface area (Å²) in [4.78, 5) is 26.0. The topological polar surface area (TPSA) is 40.6 Å². The fourth-order valence-corrected chi connectivity index (χ4v) is 1.71. The second-order valence-electron chi connectivity index (χ2n) is 4.25. The molecule has 1 amide bonds. The van der Waals surface area contributed by atoms with Crippen molar-refractivity contribution < 1.29 is 9.59 Å². The molecule has 0 unspecified atom stereocenters. The molecule has 86 valence electrons. The molecule has 1 aliphatic rings. The van der Waals surface area contributed by atoms with Gasteiger partial charge in [-0.1, -0.05) is 0 Å². The van der Waals surface area contributed by atoms with E-state index in [0.717, 1.165) is 32.5 Å². The number of piperazine rings is 1. The molecule has 0 radical (unpaired) electrons. The van der Waals surface area contributed by atoms with Crippen LogP contribution < -0.4 is 0 Å². The smallest absolute Gasteiger partial charge is 0.236 e. The van der Waals surface area contributed by atoms with E-state index < -0.39 is 0 Å². The van der Waals surface area contributed by atoms with Crippen LogP contribution in [0.5, 0.6) is 0 Å². The van der Waals surface area contributed by atoms with Crippen LogP contribution in [0.2, 0.25) is 0 Å². The van der Waals surface area contributed by atoms with Gasteiger partial charge in [-0.15, -0.1) is 0 Å². The highest BCUT2D eigenvalue weighted by Gasteiger charge is 2.19. The number of rotatable bonds is 5. The fourth-order valence-electron chi connectivity index (χ4n) is 1.71. The number of nitrogens with zero attached hydrogens (tertiary/aromatic N) is 2. The average Bonchev–Trinajstić information content (AvgIpc) is 2.18. The molecule has 0 aromatic carbocycles. The van der Waals surface area contributed by atoms with E-state index in [2.05, 4.69) is 4.90 Å². The minimum Gasteiger partial charge on any atom is -0.343 e. The third-order valence-corrected chi connectivity index (χ3v) is 2.79. The molecule has 1 aliphatic heterocycles. The third kappa shape index (κ3) is 4.42. The van der Waals surface area contributed by atoms with Gasteiger partial charge in [0.15, 0.2) is 0 Å². The van der Waals surface area contributed by atoms with Gasteiger partial charge in [0.25, 0.3) is 0 Å². The minimum absolute atomic E-state index is 0.202. The highest BCUT2D eigenvalue weighted by atomic mass is 16.2. The zero-order chi connectivity index (χ0) is 11.3. The molecular formula is C11H20N2O2. The van der Waals surface area contributed by atoms with Crippen LogP contribution in [0.25, 0.3) is 0 Å². The van der Waals surface area contributed by atoms with Crippen LogP contribution in [0, 0.1) is 0 Å². The highest BCUT2D eigenvalue weighted by molar-refractivity contribution is 5.78. The van der Waals surface area contributed by atoms with Crippen molar-refractivity contribution in [3.05, 3.63) is 0 Å². The molecule has 0 atom stereocenters. The Morgan fingerprint density at radius 3 is 2.67 bits per heavy atom.